The summed E-state index contributed by atoms with van der Waals surface area (Å²) < 4.78 is 10.7. The second kappa shape index (κ2) is 9.07. The van der Waals surface area contributed by atoms with Crippen molar-refractivity contribution in [1.29, 1.82) is 0 Å². The maximum atomic E-state index is 12.5. The molecule has 27 heavy (non-hydrogen) atoms. The van der Waals surface area contributed by atoms with Crippen molar-refractivity contribution in [1.82, 2.24) is 4.90 Å². The molecule has 0 saturated carbocycles. The molecule has 1 atom stereocenters. The van der Waals surface area contributed by atoms with E-state index in [1.807, 2.05) is 30.3 Å². The van der Waals surface area contributed by atoms with E-state index in [-0.39, 0.29) is 24.3 Å². The molecule has 3 rings (SSSR count). The van der Waals surface area contributed by atoms with Crippen molar-refractivity contribution < 1.29 is 19.1 Å². The summed E-state index contributed by atoms with van der Waals surface area (Å²) >= 11 is 0. The number of ether oxygens (including phenoxy) is 2. The first-order valence-corrected chi connectivity index (χ1v) is 9.06. The van der Waals surface area contributed by atoms with E-state index < -0.39 is 0 Å². The van der Waals surface area contributed by atoms with Gasteiger partial charge in [-0.1, -0.05) is 18.2 Å². The molecule has 0 aromatic heterocycles. The monoisotopic (exact) mass is 368 g/mol. The minimum absolute atomic E-state index is 0.0423. The van der Waals surface area contributed by atoms with Gasteiger partial charge in [-0.3, -0.25) is 9.59 Å². The Kier molecular flexibility index (Phi) is 6.30. The van der Waals surface area contributed by atoms with Crippen molar-refractivity contribution in [3.05, 3.63) is 54.6 Å². The normalized spacial score (nSPS) is 16.5. The number of amides is 2. The van der Waals surface area contributed by atoms with Crippen LogP contribution in [0.5, 0.6) is 11.5 Å². The molecule has 1 saturated heterocycles. The van der Waals surface area contributed by atoms with Crippen molar-refractivity contribution in [2.45, 2.75) is 12.8 Å². The molecule has 0 spiro atoms. The summed E-state index contributed by atoms with van der Waals surface area (Å²) in [5.41, 5.74) is 0.772. The van der Waals surface area contributed by atoms with Crippen LogP contribution in [-0.4, -0.2) is 43.5 Å². The van der Waals surface area contributed by atoms with Crippen LogP contribution in [0.1, 0.15) is 12.8 Å². The molecule has 6 nitrogen and oxygen atoms in total. The number of nitrogens with one attached hydrogen (secondary N) is 1. The van der Waals surface area contributed by atoms with Gasteiger partial charge in [0, 0.05) is 18.8 Å². The largest absolute Gasteiger partial charge is 0.497 e. The molecule has 1 unspecified atom stereocenters. The van der Waals surface area contributed by atoms with Crippen molar-refractivity contribution in [3.8, 4) is 11.5 Å². The van der Waals surface area contributed by atoms with E-state index >= 15 is 0 Å². The molecule has 1 heterocycles. The lowest BCUT2D eigenvalue weighted by molar-refractivity contribution is -0.136. The number of hydrogen-bond acceptors (Lipinski definition) is 4. The highest BCUT2D eigenvalue weighted by atomic mass is 16.5. The molecule has 1 aliphatic rings. The predicted octanol–water partition coefficient (Wildman–Crippen LogP) is 2.95. The van der Waals surface area contributed by atoms with Crippen molar-refractivity contribution >= 4 is 17.5 Å². The highest BCUT2D eigenvalue weighted by Gasteiger charge is 2.28. The fourth-order valence-corrected chi connectivity index (χ4v) is 3.09. The van der Waals surface area contributed by atoms with E-state index in [1.165, 1.54) is 0 Å². The Balaban J connectivity index is 1.50. The number of benzene rings is 2. The van der Waals surface area contributed by atoms with Gasteiger partial charge in [-0.05, 0) is 49.2 Å². The molecule has 142 valence electrons. The summed E-state index contributed by atoms with van der Waals surface area (Å²) in [7, 11) is 1.60. The Labute approximate surface area is 159 Å². The molecule has 2 aromatic carbocycles. The third kappa shape index (κ3) is 5.23. The highest BCUT2D eigenvalue weighted by molar-refractivity contribution is 5.93. The molecule has 0 bridgehead atoms. The fraction of sp³-hybridized carbons (Fsp3) is 0.333. The molecule has 1 N–H and O–H groups in total. The molecule has 2 aromatic rings. The number of carbonyl (C=O) groups excluding carboxylic acids is 2. The average Bonchev–Trinajstić information content (AvgIpc) is 2.73. The zero-order chi connectivity index (χ0) is 19.1. The smallest absolute Gasteiger partial charge is 0.260 e. The van der Waals surface area contributed by atoms with Crippen molar-refractivity contribution in [2.75, 3.05) is 32.1 Å². The van der Waals surface area contributed by atoms with Crippen LogP contribution in [-0.2, 0) is 9.59 Å². The van der Waals surface area contributed by atoms with E-state index in [2.05, 4.69) is 5.32 Å². The molecule has 2 amide bonds. The predicted molar refractivity (Wildman–Crippen MR) is 103 cm³/mol. The quantitative estimate of drug-likeness (QED) is 0.851. The Morgan fingerprint density at radius 1 is 1.07 bits per heavy atom. The molecule has 0 radical (unpaired) electrons. The number of carbonyl (C=O) groups is 2. The number of methoxy groups -OCH3 is 1. The van der Waals surface area contributed by atoms with Gasteiger partial charge in [-0.15, -0.1) is 0 Å². The topological polar surface area (TPSA) is 67.9 Å². The number of likely N-dealkylation sites (tertiary alicyclic amines) is 1. The Morgan fingerprint density at radius 2 is 1.78 bits per heavy atom. The van der Waals surface area contributed by atoms with Gasteiger partial charge in [0.25, 0.3) is 5.91 Å². The summed E-state index contributed by atoms with van der Waals surface area (Å²) in [6, 6.07) is 16.5. The number of rotatable bonds is 6. The van der Waals surface area contributed by atoms with Crippen LogP contribution in [0.2, 0.25) is 0 Å². The molecule has 1 aliphatic heterocycles. The van der Waals surface area contributed by atoms with E-state index in [9.17, 15) is 9.59 Å². The standard InChI is InChI=1S/C21H24N2O4/c1-26-18-9-11-19(12-10-18)27-15-20(24)23-13-5-6-16(14-23)21(25)22-17-7-3-2-4-8-17/h2-4,7-12,16H,5-6,13-15H2,1H3,(H,22,25). The van der Waals surface area contributed by atoms with Gasteiger partial charge in [0.2, 0.25) is 5.91 Å². The lowest BCUT2D eigenvalue weighted by Crippen LogP contribution is -2.45. The molecular formula is C21H24N2O4. The highest BCUT2D eigenvalue weighted by Crippen LogP contribution is 2.20. The van der Waals surface area contributed by atoms with Gasteiger partial charge < -0.3 is 19.7 Å². The first kappa shape index (κ1) is 18.8. The van der Waals surface area contributed by atoms with Gasteiger partial charge in [0.15, 0.2) is 6.61 Å². The molecule has 0 aliphatic carbocycles. The summed E-state index contributed by atoms with van der Waals surface area (Å²) in [6.07, 6.45) is 1.59. The minimum Gasteiger partial charge on any atom is -0.497 e. The van der Waals surface area contributed by atoms with E-state index in [4.69, 9.17) is 9.47 Å². The van der Waals surface area contributed by atoms with Crippen LogP contribution in [0.25, 0.3) is 0 Å². The summed E-state index contributed by atoms with van der Waals surface area (Å²) in [5, 5.41) is 2.92. The molecule has 1 fully saturated rings. The van der Waals surface area contributed by atoms with Crippen molar-refractivity contribution in [2.24, 2.45) is 5.92 Å². The number of piperidine rings is 1. The second-order valence-electron chi connectivity index (χ2n) is 6.50. The van der Waals surface area contributed by atoms with Crippen LogP contribution < -0.4 is 14.8 Å². The van der Waals surface area contributed by atoms with Gasteiger partial charge in [-0.2, -0.15) is 0 Å². The average molecular weight is 368 g/mol. The van der Waals surface area contributed by atoms with Crippen LogP contribution in [0.3, 0.4) is 0 Å². The Morgan fingerprint density at radius 3 is 2.48 bits per heavy atom. The fourth-order valence-electron chi connectivity index (χ4n) is 3.09. The number of para-hydroxylation sites is 1. The molecule has 6 heteroatoms. The first-order chi connectivity index (χ1) is 13.2. The van der Waals surface area contributed by atoms with E-state index in [0.29, 0.717) is 18.8 Å². The van der Waals surface area contributed by atoms with Gasteiger partial charge in [0.1, 0.15) is 11.5 Å². The third-order valence-corrected chi connectivity index (χ3v) is 4.61. The number of hydrogen-bond donors (Lipinski definition) is 1. The van der Waals surface area contributed by atoms with Gasteiger partial charge >= 0.3 is 0 Å². The Hall–Kier alpha value is -3.02. The number of nitrogens with zero attached hydrogens (tertiary/aromatic N) is 1. The van der Waals surface area contributed by atoms with Crippen LogP contribution >= 0.6 is 0 Å². The van der Waals surface area contributed by atoms with Crippen molar-refractivity contribution in [3.63, 3.8) is 0 Å². The van der Waals surface area contributed by atoms with Crippen LogP contribution in [0, 0.1) is 5.92 Å². The van der Waals surface area contributed by atoms with Gasteiger partial charge in [-0.25, -0.2) is 0 Å². The lowest BCUT2D eigenvalue weighted by atomic mass is 9.97. The summed E-state index contributed by atoms with van der Waals surface area (Å²) in [5.74, 6) is 0.984. The first-order valence-electron chi connectivity index (χ1n) is 9.06. The number of anilines is 1. The zero-order valence-electron chi connectivity index (χ0n) is 15.4. The molecular weight excluding hydrogens is 344 g/mol. The van der Waals surface area contributed by atoms with E-state index in [1.54, 1.807) is 36.3 Å². The van der Waals surface area contributed by atoms with Gasteiger partial charge in [0.05, 0.1) is 13.0 Å². The summed E-state index contributed by atoms with van der Waals surface area (Å²) in [4.78, 5) is 26.7. The Bertz CT molecular complexity index is 762. The minimum atomic E-state index is -0.205. The van der Waals surface area contributed by atoms with E-state index in [0.717, 1.165) is 24.3 Å². The summed E-state index contributed by atoms with van der Waals surface area (Å²) in [6.45, 7) is 1.03. The zero-order valence-corrected chi connectivity index (χ0v) is 15.4. The second-order valence-corrected chi connectivity index (χ2v) is 6.50. The third-order valence-electron chi connectivity index (χ3n) is 4.61. The van der Waals surface area contributed by atoms with Crippen LogP contribution in [0.15, 0.2) is 54.6 Å². The lowest BCUT2D eigenvalue weighted by Gasteiger charge is -2.32. The SMILES string of the molecule is COc1ccc(OCC(=O)N2CCCC(C(=O)Nc3ccccc3)C2)cc1. The maximum absolute atomic E-state index is 12.5. The maximum Gasteiger partial charge on any atom is 0.260 e. The van der Waals surface area contributed by atoms with Crippen LogP contribution in [0.4, 0.5) is 5.69 Å².